The Labute approximate surface area is 189 Å². The van der Waals surface area contributed by atoms with Gasteiger partial charge < -0.3 is 10.1 Å². The highest BCUT2D eigenvalue weighted by atomic mass is 35.5. The van der Waals surface area contributed by atoms with E-state index >= 15 is 0 Å². The summed E-state index contributed by atoms with van der Waals surface area (Å²) in [6.07, 6.45) is 4.54. The maximum atomic E-state index is 13.2. The van der Waals surface area contributed by atoms with E-state index in [1.807, 2.05) is 24.3 Å². The summed E-state index contributed by atoms with van der Waals surface area (Å²) in [6, 6.07) is 12.4. The number of carbonyl (C=O) groups is 1. The van der Waals surface area contributed by atoms with Crippen LogP contribution in [-0.4, -0.2) is 38.8 Å². The number of benzene rings is 2. The normalized spacial score (nSPS) is 17.3. The second kappa shape index (κ2) is 10.5. The summed E-state index contributed by atoms with van der Waals surface area (Å²) < 4.78 is 33.0. The highest BCUT2D eigenvalue weighted by Gasteiger charge is 2.35. The molecule has 0 saturated carbocycles. The van der Waals surface area contributed by atoms with Gasteiger partial charge >= 0.3 is 0 Å². The van der Waals surface area contributed by atoms with Crippen molar-refractivity contribution >= 4 is 33.2 Å². The number of methoxy groups -OCH3 is 1. The topological polar surface area (TPSA) is 75.7 Å². The van der Waals surface area contributed by atoms with E-state index in [2.05, 4.69) is 12.2 Å². The fraction of sp³-hybridized carbons (Fsp3) is 0.435. The number of amides is 1. The summed E-state index contributed by atoms with van der Waals surface area (Å²) in [5.74, 6) is -0.355. The van der Waals surface area contributed by atoms with E-state index in [4.69, 9.17) is 16.3 Å². The van der Waals surface area contributed by atoms with Crippen LogP contribution in [0.5, 0.6) is 5.75 Å². The maximum absolute atomic E-state index is 13.2. The molecule has 0 bridgehead atoms. The minimum absolute atomic E-state index is 0.0197. The minimum atomic E-state index is -3.84. The van der Waals surface area contributed by atoms with Crippen molar-refractivity contribution in [3.63, 3.8) is 0 Å². The third kappa shape index (κ3) is 5.79. The number of rotatable bonds is 8. The lowest BCUT2D eigenvalue weighted by atomic mass is 9.98. The molecule has 1 amide bonds. The van der Waals surface area contributed by atoms with Gasteiger partial charge in [-0.2, -0.15) is 4.31 Å². The van der Waals surface area contributed by atoms with Crippen LogP contribution in [0.15, 0.2) is 47.4 Å². The molecule has 0 aromatic heterocycles. The van der Waals surface area contributed by atoms with Crippen molar-refractivity contribution in [1.29, 1.82) is 0 Å². The molecule has 1 aliphatic rings. The zero-order valence-corrected chi connectivity index (χ0v) is 19.5. The Balaban J connectivity index is 1.70. The molecule has 31 heavy (non-hydrogen) atoms. The van der Waals surface area contributed by atoms with Crippen LogP contribution < -0.4 is 10.1 Å². The number of hydrogen-bond donors (Lipinski definition) is 1. The Hall–Kier alpha value is -2.09. The number of aryl methyl sites for hydroxylation is 1. The van der Waals surface area contributed by atoms with E-state index in [0.29, 0.717) is 24.4 Å². The molecule has 168 valence electrons. The van der Waals surface area contributed by atoms with E-state index in [-0.39, 0.29) is 23.1 Å². The highest BCUT2D eigenvalue weighted by molar-refractivity contribution is 7.89. The number of carbonyl (C=O) groups excluding carboxylic acids is 1. The first-order chi connectivity index (χ1) is 14.8. The van der Waals surface area contributed by atoms with Gasteiger partial charge in [-0.3, -0.25) is 4.79 Å². The van der Waals surface area contributed by atoms with Gasteiger partial charge in [0.05, 0.1) is 13.0 Å². The van der Waals surface area contributed by atoms with Crippen molar-refractivity contribution in [3.8, 4) is 5.75 Å². The van der Waals surface area contributed by atoms with Gasteiger partial charge in [0.2, 0.25) is 15.9 Å². The fourth-order valence-corrected chi connectivity index (χ4v) is 5.69. The predicted octanol–water partition coefficient (Wildman–Crippen LogP) is 4.73. The molecule has 0 unspecified atom stereocenters. The molecule has 1 atom stereocenters. The van der Waals surface area contributed by atoms with Gasteiger partial charge in [-0.25, -0.2) is 8.42 Å². The summed E-state index contributed by atoms with van der Waals surface area (Å²) in [7, 11) is -2.42. The number of hydrogen-bond acceptors (Lipinski definition) is 4. The molecule has 0 radical (unpaired) electrons. The molecule has 6 nitrogen and oxygen atoms in total. The zero-order chi connectivity index (χ0) is 22.4. The van der Waals surface area contributed by atoms with Crippen molar-refractivity contribution in [1.82, 2.24) is 4.31 Å². The number of piperidine rings is 1. The van der Waals surface area contributed by atoms with Gasteiger partial charge in [-0.05, 0) is 61.6 Å². The van der Waals surface area contributed by atoms with Crippen LogP contribution in [0, 0.1) is 5.92 Å². The number of nitrogens with zero attached hydrogens (tertiary/aromatic N) is 1. The predicted molar refractivity (Wildman–Crippen MR) is 123 cm³/mol. The Bertz CT molecular complexity index is 1010. The maximum Gasteiger partial charge on any atom is 0.246 e. The molecule has 2 aromatic carbocycles. The number of halogens is 1. The molecule has 0 aliphatic carbocycles. The van der Waals surface area contributed by atoms with Gasteiger partial charge in [0.25, 0.3) is 0 Å². The number of nitrogens with one attached hydrogen (secondary N) is 1. The van der Waals surface area contributed by atoms with Crippen molar-refractivity contribution in [2.45, 2.75) is 43.9 Å². The van der Waals surface area contributed by atoms with Crippen LogP contribution in [0.4, 0.5) is 5.69 Å². The second-order valence-electron chi connectivity index (χ2n) is 7.79. The fourth-order valence-electron chi connectivity index (χ4n) is 3.75. The van der Waals surface area contributed by atoms with Crippen molar-refractivity contribution in [2.75, 3.05) is 25.5 Å². The van der Waals surface area contributed by atoms with Crippen molar-refractivity contribution in [3.05, 3.63) is 53.1 Å². The Kier molecular flexibility index (Phi) is 7.97. The molecular formula is C23H29ClN2O4S. The Morgan fingerprint density at radius 2 is 1.97 bits per heavy atom. The quantitative estimate of drug-likeness (QED) is 0.612. The molecule has 3 rings (SSSR count). The lowest BCUT2D eigenvalue weighted by molar-refractivity contribution is -0.120. The second-order valence-corrected chi connectivity index (χ2v) is 10.1. The number of sulfonamides is 1. The van der Waals surface area contributed by atoms with Crippen LogP contribution in [0.1, 0.15) is 38.2 Å². The average molecular weight is 465 g/mol. The number of unbranched alkanes of at least 4 members (excludes halogenated alkanes) is 1. The van der Waals surface area contributed by atoms with E-state index < -0.39 is 15.9 Å². The van der Waals surface area contributed by atoms with Crippen LogP contribution >= 0.6 is 11.6 Å². The SMILES string of the molecule is CCCCc1ccc(NC(=O)[C@@H]2CCCN(S(=O)(=O)c3cc(Cl)ccc3OC)C2)cc1. The first-order valence-electron chi connectivity index (χ1n) is 10.6. The third-order valence-corrected chi connectivity index (χ3v) is 7.66. The van der Waals surface area contributed by atoms with E-state index in [9.17, 15) is 13.2 Å². The first kappa shape index (κ1) is 23.6. The van der Waals surface area contributed by atoms with E-state index in [1.165, 1.54) is 29.1 Å². The first-order valence-corrected chi connectivity index (χ1v) is 12.4. The van der Waals surface area contributed by atoms with Crippen LogP contribution in [-0.2, 0) is 21.2 Å². The summed E-state index contributed by atoms with van der Waals surface area (Å²) in [5.41, 5.74) is 1.96. The monoisotopic (exact) mass is 464 g/mol. The third-order valence-electron chi connectivity index (χ3n) is 5.54. The van der Waals surface area contributed by atoms with Gasteiger partial charge in [-0.15, -0.1) is 0 Å². The molecule has 1 heterocycles. The molecular weight excluding hydrogens is 436 g/mol. The van der Waals surface area contributed by atoms with Crippen LogP contribution in [0.2, 0.25) is 5.02 Å². The van der Waals surface area contributed by atoms with Crippen LogP contribution in [0.3, 0.4) is 0 Å². The Morgan fingerprint density at radius 1 is 1.23 bits per heavy atom. The zero-order valence-electron chi connectivity index (χ0n) is 17.9. The molecule has 1 aliphatic heterocycles. The number of ether oxygens (including phenoxy) is 1. The molecule has 1 fully saturated rings. The molecule has 2 aromatic rings. The average Bonchev–Trinajstić information content (AvgIpc) is 2.78. The molecule has 0 spiro atoms. The number of anilines is 1. The summed E-state index contributed by atoms with van der Waals surface area (Å²) in [5, 5.41) is 3.25. The van der Waals surface area contributed by atoms with Gasteiger partial charge in [0.1, 0.15) is 10.6 Å². The van der Waals surface area contributed by atoms with Crippen LogP contribution in [0.25, 0.3) is 0 Å². The lowest BCUT2D eigenvalue weighted by Crippen LogP contribution is -2.43. The molecule has 1 saturated heterocycles. The molecule has 8 heteroatoms. The Morgan fingerprint density at radius 3 is 2.65 bits per heavy atom. The smallest absolute Gasteiger partial charge is 0.246 e. The summed E-state index contributed by atoms with van der Waals surface area (Å²) >= 11 is 6.02. The van der Waals surface area contributed by atoms with Gasteiger partial charge in [0.15, 0.2) is 0 Å². The van der Waals surface area contributed by atoms with Crippen molar-refractivity contribution in [2.24, 2.45) is 5.92 Å². The van der Waals surface area contributed by atoms with Crippen molar-refractivity contribution < 1.29 is 17.9 Å². The van der Waals surface area contributed by atoms with Gasteiger partial charge in [-0.1, -0.05) is 37.1 Å². The molecule has 1 N–H and O–H groups in total. The minimum Gasteiger partial charge on any atom is -0.495 e. The summed E-state index contributed by atoms with van der Waals surface area (Å²) in [6.45, 7) is 2.64. The van der Waals surface area contributed by atoms with Gasteiger partial charge in [0, 0.05) is 23.8 Å². The lowest BCUT2D eigenvalue weighted by Gasteiger charge is -2.31. The largest absolute Gasteiger partial charge is 0.495 e. The van der Waals surface area contributed by atoms with E-state index in [0.717, 1.165) is 24.9 Å². The van der Waals surface area contributed by atoms with E-state index in [1.54, 1.807) is 6.07 Å². The highest BCUT2D eigenvalue weighted by Crippen LogP contribution is 2.32. The standard InChI is InChI=1S/C23H29ClN2O4S/c1-3-4-6-17-8-11-20(12-9-17)25-23(27)18-7-5-14-26(16-18)31(28,29)22-15-19(24)10-13-21(22)30-2/h8-13,15,18H,3-7,14,16H2,1-2H3,(H,25,27)/t18-/m1/s1. The summed E-state index contributed by atoms with van der Waals surface area (Å²) in [4.78, 5) is 12.9.